The molecule has 5 heteroatoms. The molecule has 3 rings (SSSR count). The molecule has 0 aliphatic carbocycles. The largest absolute Gasteiger partial charge is 0.385 e. The highest BCUT2D eigenvalue weighted by atomic mass is 16.3. The average molecular weight is 306 g/mol. The van der Waals surface area contributed by atoms with Crippen LogP contribution in [0.4, 0.5) is 0 Å². The third-order valence-corrected chi connectivity index (χ3v) is 3.12. The van der Waals surface area contributed by atoms with Gasteiger partial charge in [-0.05, 0) is 24.6 Å². The summed E-state index contributed by atoms with van der Waals surface area (Å²) >= 11 is 0. The molecule has 0 bridgehead atoms. The lowest BCUT2D eigenvalue weighted by Crippen LogP contribution is -2.06. The quantitative estimate of drug-likeness (QED) is 0.807. The van der Waals surface area contributed by atoms with Crippen LogP contribution in [0.5, 0.6) is 0 Å². The van der Waals surface area contributed by atoms with Crippen molar-refractivity contribution in [2.45, 2.75) is 19.6 Å². The van der Waals surface area contributed by atoms with Crippen molar-refractivity contribution < 1.29 is 5.11 Å². The van der Waals surface area contributed by atoms with Crippen molar-refractivity contribution in [3.63, 3.8) is 0 Å². The van der Waals surface area contributed by atoms with E-state index >= 15 is 0 Å². The smallest absolute Gasteiger partial charge is 0.161 e. The second-order valence-electron chi connectivity index (χ2n) is 4.96. The summed E-state index contributed by atoms with van der Waals surface area (Å²) in [5, 5.41) is 25.4. The Hall–Kier alpha value is -2.97. The standard InChI is InChI=1S/C11H13N3O.C7H5N/c1-9(15)11-13-12-8-14(11)7-10-5-3-2-4-6-10;8-6-7-4-2-1-3-5-7/h2-6,8-9,15H,7H2,1H3;1-5H. The third-order valence-electron chi connectivity index (χ3n) is 3.12. The first-order chi connectivity index (χ1) is 11.2. The van der Waals surface area contributed by atoms with E-state index in [9.17, 15) is 5.11 Å². The van der Waals surface area contributed by atoms with Crippen LogP contribution in [-0.4, -0.2) is 19.9 Å². The Morgan fingerprint density at radius 1 is 1.09 bits per heavy atom. The Bertz CT molecular complexity index is 745. The van der Waals surface area contributed by atoms with Gasteiger partial charge in [0, 0.05) is 0 Å². The Morgan fingerprint density at radius 2 is 1.70 bits per heavy atom. The number of benzene rings is 2. The number of aliphatic hydroxyl groups excluding tert-OH is 1. The average Bonchev–Trinajstić information content (AvgIpc) is 3.05. The molecule has 3 aromatic rings. The minimum Gasteiger partial charge on any atom is -0.385 e. The lowest BCUT2D eigenvalue weighted by Gasteiger charge is -2.07. The van der Waals surface area contributed by atoms with Gasteiger partial charge >= 0.3 is 0 Å². The zero-order chi connectivity index (χ0) is 16.5. The van der Waals surface area contributed by atoms with Crippen LogP contribution in [0.25, 0.3) is 0 Å². The van der Waals surface area contributed by atoms with Gasteiger partial charge in [0.1, 0.15) is 12.4 Å². The Morgan fingerprint density at radius 3 is 2.22 bits per heavy atom. The molecule has 1 atom stereocenters. The molecule has 1 unspecified atom stereocenters. The van der Waals surface area contributed by atoms with Gasteiger partial charge in [0.2, 0.25) is 0 Å². The SMILES string of the molecule is CC(O)c1nncn1Cc1ccccc1.N#Cc1ccccc1. The van der Waals surface area contributed by atoms with Crippen molar-refractivity contribution in [3.8, 4) is 6.07 Å². The number of hydrogen-bond acceptors (Lipinski definition) is 4. The highest BCUT2D eigenvalue weighted by molar-refractivity contribution is 5.27. The fourth-order valence-corrected chi connectivity index (χ4v) is 2.00. The van der Waals surface area contributed by atoms with Crippen molar-refractivity contribution in [1.82, 2.24) is 14.8 Å². The summed E-state index contributed by atoms with van der Waals surface area (Å²) in [6.45, 7) is 2.37. The molecule has 0 saturated heterocycles. The van der Waals surface area contributed by atoms with E-state index in [1.807, 2.05) is 59.2 Å². The molecule has 0 aliphatic rings. The molecule has 5 nitrogen and oxygen atoms in total. The number of hydrogen-bond donors (Lipinski definition) is 1. The van der Waals surface area contributed by atoms with E-state index in [0.717, 1.165) is 0 Å². The normalized spacial score (nSPS) is 11.0. The van der Waals surface area contributed by atoms with Crippen LogP contribution in [0.15, 0.2) is 67.0 Å². The number of nitriles is 1. The molecule has 0 aliphatic heterocycles. The van der Waals surface area contributed by atoms with E-state index in [4.69, 9.17) is 5.26 Å². The van der Waals surface area contributed by atoms with Crippen LogP contribution in [0.2, 0.25) is 0 Å². The molecular formula is C18H18N4O. The predicted molar refractivity (Wildman–Crippen MR) is 87.4 cm³/mol. The fraction of sp³-hybridized carbons (Fsp3) is 0.167. The minimum atomic E-state index is -0.587. The van der Waals surface area contributed by atoms with E-state index in [1.54, 1.807) is 25.4 Å². The van der Waals surface area contributed by atoms with E-state index < -0.39 is 6.10 Å². The lowest BCUT2D eigenvalue weighted by molar-refractivity contribution is 0.184. The van der Waals surface area contributed by atoms with Crippen LogP contribution in [0.3, 0.4) is 0 Å². The second kappa shape index (κ2) is 8.47. The minimum absolute atomic E-state index is 0.587. The highest BCUT2D eigenvalue weighted by Crippen LogP contribution is 2.10. The van der Waals surface area contributed by atoms with E-state index in [1.165, 1.54) is 5.56 Å². The van der Waals surface area contributed by atoms with Gasteiger partial charge in [0.15, 0.2) is 5.82 Å². The van der Waals surface area contributed by atoms with Crippen molar-refractivity contribution in [3.05, 3.63) is 83.9 Å². The van der Waals surface area contributed by atoms with Crippen molar-refractivity contribution in [1.29, 1.82) is 5.26 Å². The van der Waals surface area contributed by atoms with E-state index in [0.29, 0.717) is 17.9 Å². The van der Waals surface area contributed by atoms with Crippen molar-refractivity contribution >= 4 is 0 Å². The second-order valence-corrected chi connectivity index (χ2v) is 4.96. The van der Waals surface area contributed by atoms with Crippen molar-refractivity contribution in [2.75, 3.05) is 0 Å². The molecule has 0 radical (unpaired) electrons. The molecule has 0 spiro atoms. The van der Waals surface area contributed by atoms with Gasteiger partial charge in [-0.15, -0.1) is 10.2 Å². The third kappa shape index (κ3) is 5.06. The summed E-state index contributed by atoms with van der Waals surface area (Å²) in [6.07, 6.45) is 1.05. The zero-order valence-corrected chi connectivity index (χ0v) is 12.9. The molecule has 23 heavy (non-hydrogen) atoms. The van der Waals surface area contributed by atoms with Gasteiger partial charge in [0.25, 0.3) is 0 Å². The van der Waals surface area contributed by atoms with Gasteiger partial charge in [-0.2, -0.15) is 5.26 Å². The van der Waals surface area contributed by atoms with Crippen LogP contribution < -0.4 is 0 Å². The fourth-order valence-electron chi connectivity index (χ4n) is 2.00. The number of aromatic nitrogens is 3. The molecular weight excluding hydrogens is 288 g/mol. The topological polar surface area (TPSA) is 74.7 Å². The summed E-state index contributed by atoms with van der Waals surface area (Å²) in [7, 11) is 0. The Balaban J connectivity index is 0.000000203. The Kier molecular flexibility index (Phi) is 6.04. The Labute approximate surface area is 135 Å². The van der Waals surface area contributed by atoms with Crippen LogP contribution in [0, 0.1) is 11.3 Å². The summed E-state index contributed by atoms with van der Waals surface area (Å²) in [4.78, 5) is 0. The van der Waals surface area contributed by atoms with Gasteiger partial charge in [0.05, 0.1) is 18.2 Å². The maximum absolute atomic E-state index is 9.45. The number of rotatable bonds is 3. The van der Waals surface area contributed by atoms with Gasteiger partial charge < -0.3 is 9.67 Å². The lowest BCUT2D eigenvalue weighted by atomic mass is 10.2. The number of aliphatic hydroxyl groups is 1. The molecule has 0 fully saturated rings. The van der Waals surface area contributed by atoms with Crippen LogP contribution in [-0.2, 0) is 6.54 Å². The monoisotopic (exact) mass is 306 g/mol. The molecule has 0 amide bonds. The maximum atomic E-state index is 9.45. The highest BCUT2D eigenvalue weighted by Gasteiger charge is 2.09. The van der Waals surface area contributed by atoms with Gasteiger partial charge in [-0.1, -0.05) is 48.5 Å². The van der Waals surface area contributed by atoms with E-state index in [-0.39, 0.29) is 0 Å². The summed E-state index contributed by atoms with van der Waals surface area (Å²) in [6, 6.07) is 21.2. The first kappa shape index (κ1) is 16.4. The predicted octanol–water partition coefficient (Wildman–Crippen LogP) is 2.94. The summed E-state index contributed by atoms with van der Waals surface area (Å²) in [5.74, 6) is 0.596. The summed E-state index contributed by atoms with van der Waals surface area (Å²) < 4.78 is 1.85. The van der Waals surface area contributed by atoms with Gasteiger partial charge in [-0.25, -0.2) is 0 Å². The van der Waals surface area contributed by atoms with Gasteiger partial charge in [-0.3, -0.25) is 0 Å². The zero-order valence-electron chi connectivity index (χ0n) is 12.9. The molecule has 1 heterocycles. The first-order valence-electron chi connectivity index (χ1n) is 7.25. The number of nitrogens with zero attached hydrogens (tertiary/aromatic N) is 4. The molecule has 0 saturated carbocycles. The molecule has 1 N–H and O–H groups in total. The van der Waals surface area contributed by atoms with Crippen LogP contribution in [0.1, 0.15) is 30.0 Å². The maximum Gasteiger partial charge on any atom is 0.161 e. The van der Waals surface area contributed by atoms with E-state index in [2.05, 4.69) is 10.2 Å². The molecule has 116 valence electrons. The molecule has 1 aromatic heterocycles. The first-order valence-corrected chi connectivity index (χ1v) is 7.25. The molecule has 2 aromatic carbocycles. The summed E-state index contributed by atoms with van der Waals surface area (Å²) in [5.41, 5.74) is 1.88. The van der Waals surface area contributed by atoms with Crippen molar-refractivity contribution in [2.24, 2.45) is 0 Å². The van der Waals surface area contributed by atoms with Crippen LogP contribution >= 0.6 is 0 Å².